The molecule has 1 aromatic rings. The Balaban J connectivity index is 1.80. The number of nitrogens with two attached hydrogens (primary N) is 1. The van der Waals surface area contributed by atoms with Crippen molar-refractivity contribution in [2.45, 2.75) is 29.9 Å². The molecular formula is C11H17NO2S. The third kappa shape index (κ3) is 3.00. The summed E-state index contributed by atoms with van der Waals surface area (Å²) in [5.41, 5.74) is 6.06. The lowest BCUT2D eigenvalue weighted by atomic mass is 10.1. The summed E-state index contributed by atoms with van der Waals surface area (Å²) in [6.45, 7) is 0.156. The molecule has 84 valence electrons. The van der Waals surface area contributed by atoms with Gasteiger partial charge in [0.15, 0.2) is 0 Å². The van der Waals surface area contributed by atoms with E-state index in [-0.39, 0.29) is 17.9 Å². The van der Waals surface area contributed by atoms with Crippen molar-refractivity contribution in [1.29, 1.82) is 0 Å². The maximum Gasteiger partial charge on any atom is 0.113 e. The minimum Gasteiger partial charge on any atom is -0.468 e. The monoisotopic (exact) mass is 227 g/mol. The fourth-order valence-electron chi connectivity index (χ4n) is 1.65. The molecule has 1 saturated carbocycles. The first-order valence-corrected chi connectivity index (χ1v) is 6.36. The molecule has 0 amide bonds. The molecule has 0 spiro atoms. The second kappa shape index (κ2) is 5.05. The first-order valence-electron chi connectivity index (χ1n) is 5.31. The largest absolute Gasteiger partial charge is 0.468 e. The van der Waals surface area contributed by atoms with Gasteiger partial charge in [-0.05, 0) is 30.9 Å². The quantitative estimate of drug-likeness (QED) is 0.775. The summed E-state index contributed by atoms with van der Waals surface area (Å²) in [5.74, 6) is 2.37. The first-order chi connectivity index (χ1) is 7.31. The standard InChI is InChI=1S/C11H17NO2S/c12-11(8-3-4-8)10(6-13)15-7-9-2-1-5-14-9/h1-2,5,8,10-11,13H,3-4,6-7,12H2. The highest BCUT2D eigenvalue weighted by molar-refractivity contribution is 7.99. The first kappa shape index (κ1) is 11.0. The molecule has 1 aliphatic carbocycles. The lowest BCUT2D eigenvalue weighted by Crippen LogP contribution is -2.37. The van der Waals surface area contributed by atoms with Gasteiger partial charge in [-0.1, -0.05) is 0 Å². The molecule has 2 atom stereocenters. The van der Waals surface area contributed by atoms with Gasteiger partial charge in [0.05, 0.1) is 18.6 Å². The van der Waals surface area contributed by atoms with Gasteiger partial charge in [-0.25, -0.2) is 0 Å². The molecule has 0 aromatic carbocycles. The topological polar surface area (TPSA) is 59.4 Å². The summed E-state index contributed by atoms with van der Waals surface area (Å²) in [6, 6.07) is 3.96. The van der Waals surface area contributed by atoms with E-state index in [2.05, 4.69) is 0 Å². The number of furan rings is 1. The molecule has 1 heterocycles. The van der Waals surface area contributed by atoms with Gasteiger partial charge in [0.1, 0.15) is 5.76 Å². The average molecular weight is 227 g/mol. The van der Waals surface area contributed by atoms with E-state index < -0.39 is 0 Å². The van der Waals surface area contributed by atoms with Crippen LogP contribution in [0.2, 0.25) is 0 Å². The van der Waals surface area contributed by atoms with E-state index in [0.717, 1.165) is 11.5 Å². The second-order valence-electron chi connectivity index (χ2n) is 4.03. The van der Waals surface area contributed by atoms with E-state index in [1.54, 1.807) is 18.0 Å². The fourth-order valence-corrected chi connectivity index (χ4v) is 2.75. The molecule has 1 aromatic heterocycles. The Morgan fingerprint density at radius 3 is 2.93 bits per heavy atom. The number of aliphatic hydroxyl groups is 1. The Morgan fingerprint density at radius 2 is 2.40 bits per heavy atom. The predicted molar refractivity (Wildman–Crippen MR) is 61.6 cm³/mol. The van der Waals surface area contributed by atoms with Crippen molar-refractivity contribution in [3.05, 3.63) is 24.2 Å². The Labute approximate surface area is 94.0 Å². The maximum atomic E-state index is 9.27. The molecule has 0 saturated heterocycles. The Bertz CT molecular complexity index is 285. The SMILES string of the molecule is NC(C1CC1)C(CO)SCc1ccco1. The zero-order chi connectivity index (χ0) is 10.7. The summed E-state index contributed by atoms with van der Waals surface area (Å²) >= 11 is 1.69. The van der Waals surface area contributed by atoms with Crippen molar-refractivity contribution >= 4 is 11.8 Å². The third-order valence-corrected chi connectivity index (χ3v) is 4.14. The van der Waals surface area contributed by atoms with Crippen molar-refractivity contribution in [1.82, 2.24) is 0 Å². The van der Waals surface area contributed by atoms with Gasteiger partial charge in [0.2, 0.25) is 0 Å². The molecule has 0 bridgehead atoms. The van der Waals surface area contributed by atoms with Crippen molar-refractivity contribution in [2.24, 2.45) is 11.7 Å². The zero-order valence-electron chi connectivity index (χ0n) is 8.63. The van der Waals surface area contributed by atoms with E-state index in [1.807, 2.05) is 12.1 Å². The van der Waals surface area contributed by atoms with E-state index in [1.165, 1.54) is 12.8 Å². The lowest BCUT2D eigenvalue weighted by molar-refractivity contribution is 0.277. The third-order valence-electron chi connectivity index (χ3n) is 2.80. The summed E-state index contributed by atoms with van der Waals surface area (Å²) in [6.07, 6.45) is 4.11. The zero-order valence-corrected chi connectivity index (χ0v) is 9.45. The van der Waals surface area contributed by atoms with Crippen LogP contribution in [0.5, 0.6) is 0 Å². The minimum absolute atomic E-state index is 0.134. The predicted octanol–water partition coefficient (Wildman–Crippen LogP) is 1.61. The van der Waals surface area contributed by atoms with Crippen LogP contribution in [-0.4, -0.2) is 23.0 Å². The summed E-state index contributed by atoms with van der Waals surface area (Å²) in [4.78, 5) is 0. The average Bonchev–Trinajstić information content (AvgIpc) is 2.97. The van der Waals surface area contributed by atoms with Crippen LogP contribution in [0.3, 0.4) is 0 Å². The fraction of sp³-hybridized carbons (Fsp3) is 0.636. The van der Waals surface area contributed by atoms with Crippen LogP contribution in [0.4, 0.5) is 0 Å². The van der Waals surface area contributed by atoms with Gasteiger partial charge < -0.3 is 15.3 Å². The second-order valence-corrected chi connectivity index (χ2v) is 5.25. The highest BCUT2D eigenvalue weighted by Crippen LogP contribution is 2.36. The number of hydrogen-bond donors (Lipinski definition) is 2. The molecule has 2 rings (SSSR count). The Kier molecular flexibility index (Phi) is 3.72. The van der Waals surface area contributed by atoms with Crippen LogP contribution in [-0.2, 0) is 5.75 Å². The van der Waals surface area contributed by atoms with Crippen molar-refractivity contribution in [2.75, 3.05) is 6.61 Å². The van der Waals surface area contributed by atoms with Gasteiger partial charge in [-0.3, -0.25) is 0 Å². The number of thioether (sulfide) groups is 1. The molecule has 1 aliphatic rings. The summed E-state index contributed by atoms with van der Waals surface area (Å²) in [7, 11) is 0. The number of rotatable bonds is 6. The number of aliphatic hydroxyl groups excluding tert-OH is 1. The van der Waals surface area contributed by atoms with Crippen LogP contribution in [0, 0.1) is 5.92 Å². The Morgan fingerprint density at radius 1 is 1.60 bits per heavy atom. The van der Waals surface area contributed by atoms with E-state index >= 15 is 0 Å². The van der Waals surface area contributed by atoms with Crippen molar-refractivity contribution in [3.63, 3.8) is 0 Å². The molecule has 4 heteroatoms. The van der Waals surface area contributed by atoms with Crippen LogP contribution < -0.4 is 5.73 Å². The molecule has 0 aliphatic heterocycles. The molecular weight excluding hydrogens is 210 g/mol. The van der Waals surface area contributed by atoms with E-state index in [0.29, 0.717) is 5.92 Å². The summed E-state index contributed by atoms with van der Waals surface area (Å²) in [5, 5.41) is 9.41. The van der Waals surface area contributed by atoms with E-state index in [9.17, 15) is 5.11 Å². The number of hydrogen-bond acceptors (Lipinski definition) is 4. The van der Waals surface area contributed by atoms with Gasteiger partial charge in [0, 0.05) is 11.3 Å². The molecule has 0 radical (unpaired) electrons. The van der Waals surface area contributed by atoms with Crippen LogP contribution >= 0.6 is 11.8 Å². The van der Waals surface area contributed by atoms with Crippen molar-refractivity contribution < 1.29 is 9.52 Å². The van der Waals surface area contributed by atoms with Crippen LogP contribution in [0.1, 0.15) is 18.6 Å². The highest BCUT2D eigenvalue weighted by atomic mass is 32.2. The molecule has 3 nitrogen and oxygen atoms in total. The Hall–Kier alpha value is -0.450. The molecule has 3 N–H and O–H groups in total. The minimum atomic E-state index is 0.134. The van der Waals surface area contributed by atoms with Gasteiger partial charge in [0.25, 0.3) is 0 Å². The van der Waals surface area contributed by atoms with Crippen LogP contribution in [0.15, 0.2) is 22.8 Å². The van der Waals surface area contributed by atoms with Crippen LogP contribution in [0.25, 0.3) is 0 Å². The normalized spacial score (nSPS) is 20.1. The van der Waals surface area contributed by atoms with Gasteiger partial charge in [-0.15, -0.1) is 11.8 Å². The molecule has 15 heavy (non-hydrogen) atoms. The smallest absolute Gasteiger partial charge is 0.113 e. The lowest BCUT2D eigenvalue weighted by Gasteiger charge is -2.20. The van der Waals surface area contributed by atoms with Gasteiger partial charge >= 0.3 is 0 Å². The molecule has 2 unspecified atom stereocenters. The summed E-state index contributed by atoms with van der Waals surface area (Å²) < 4.78 is 5.24. The molecule has 1 fully saturated rings. The van der Waals surface area contributed by atoms with Gasteiger partial charge in [-0.2, -0.15) is 0 Å². The maximum absolute atomic E-state index is 9.27. The highest BCUT2D eigenvalue weighted by Gasteiger charge is 2.33. The van der Waals surface area contributed by atoms with Crippen molar-refractivity contribution in [3.8, 4) is 0 Å². The van der Waals surface area contributed by atoms with E-state index in [4.69, 9.17) is 10.2 Å².